The van der Waals surface area contributed by atoms with E-state index < -0.39 is 11.6 Å². The van der Waals surface area contributed by atoms with Crippen molar-refractivity contribution in [2.24, 2.45) is 0 Å². The number of aryl methyl sites for hydroxylation is 1. The average molecular weight is 589 g/mol. The van der Waals surface area contributed by atoms with Gasteiger partial charge in [0.2, 0.25) is 0 Å². The molecule has 0 aromatic carbocycles. The number of piperazine rings is 1. The van der Waals surface area contributed by atoms with Crippen molar-refractivity contribution in [3.8, 4) is 0 Å². The van der Waals surface area contributed by atoms with Gasteiger partial charge >= 0.3 is 12.1 Å². The molecule has 1 saturated carbocycles. The third-order valence-corrected chi connectivity index (χ3v) is 7.47. The molecule has 0 radical (unpaired) electrons. The Labute approximate surface area is 233 Å². The van der Waals surface area contributed by atoms with Crippen LogP contribution in [0.25, 0.3) is 0 Å². The van der Waals surface area contributed by atoms with E-state index >= 15 is 0 Å². The molecule has 1 aliphatic carbocycles. The van der Waals surface area contributed by atoms with Crippen LogP contribution in [0.15, 0.2) is 29.0 Å². The summed E-state index contributed by atoms with van der Waals surface area (Å²) in [5.74, 6) is 0.164. The molecular weight excluding hydrogens is 550 g/mol. The second kappa shape index (κ2) is 11.6. The normalized spacial score (nSPS) is 19.1. The topological polar surface area (TPSA) is 96.9 Å². The Kier molecular flexibility index (Phi) is 8.62. The molecule has 2 aromatic heterocycles. The highest BCUT2D eigenvalue weighted by atomic mass is 79.9. The minimum Gasteiger partial charge on any atom is -0.464 e. The van der Waals surface area contributed by atoms with E-state index in [1.165, 1.54) is 25.5 Å². The first-order valence-corrected chi connectivity index (χ1v) is 13.9. The van der Waals surface area contributed by atoms with Crippen LogP contribution in [0.4, 0.5) is 10.5 Å². The molecule has 1 unspecified atom stereocenters. The molecule has 206 valence electrons. The number of esters is 1. The van der Waals surface area contributed by atoms with Gasteiger partial charge in [0.05, 0.1) is 24.5 Å². The number of carbonyl (C=O) groups is 2. The average Bonchev–Trinajstić information content (AvgIpc) is 3.70. The zero-order valence-electron chi connectivity index (χ0n) is 23.1. The second-order valence-corrected chi connectivity index (χ2v) is 12.0. The quantitative estimate of drug-likeness (QED) is 0.344. The summed E-state index contributed by atoms with van der Waals surface area (Å²) in [4.78, 5) is 38.2. The zero-order valence-corrected chi connectivity index (χ0v) is 24.7. The molecular formula is C28H38BrN5O4. The molecule has 9 nitrogen and oxygen atoms in total. The Bertz CT molecular complexity index is 1160. The van der Waals surface area contributed by atoms with Crippen LogP contribution < -0.4 is 5.32 Å². The maximum absolute atomic E-state index is 12.7. The van der Waals surface area contributed by atoms with Gasteiger partial charge in [-0.3, -0.25) is 9.88 Å². The number of amides is 1. The summed E-state index contributed by atoms with van der Waals surface area (Å²) >= 11 is 3.53. The van der Waals surface area contributed by atoms with Crippen molar-refractivity contribution < 1.29 is 19.1 Å². The largest absolute Gasteiger partial charge is 0.464 e. The Morgan fingerprint density at radius 1 is 1.24 bits per heavy atom. The van der Waals surface area contributed by atoms with E-state index in [9.17, 15) is 9.59 Å². The van der Waals surface area contributed by atoms with Crippen LogP contribution in [-0.2, 0) is 9.47 Å². The van der Waals surface area contributed by atoms with Crippen LogP contribution in [-0.4, -0.2) is 76.8 Å². The summed E-state index contributed by atoms with van der Waals surface area (Å²) in [6.45, 7) is 12.3. The van der Waals surface area contributed by atoms with Crippen molar-refractivity contribution in [3.05, 3.63) is 51.5 Å². The van der Waals surface area contributed by atoms with E-state index in [0.717, 1.165) is 30.0 Å². The Morgan fingerprint density at radius 3 is 2.55 bits per heavy atom. The van der Waals surface area contributed by atoms with Gasteiger partial charge in [0.15, 0.2) is 5.69 Å². The maximum atomic E-state index is 12.7. The number of methoxy groups -OCH3 is 1. The fraction of sp³-hybridized carbons (Fsp3) is 0.571. The highest BCUT2D eigenvalue weighted by molar-refractivity contribution is 9.10. The number of hydrogen-bond acceptors (Lipinski definition) is 8. The highest BCUT2D eigenvalue weighted by Gasteiger charge is 2.32. The van der Waals surface area contributed by atoms with E-state index in [0.29, 0.717) is 23.6 Å². The summed E-state index contributed by atoms with van der Waals surface area (Å²) in [6, 6.07) is 6.06. The molecule has 10 heteroatoms. The lowest BCUT2D eigenvalue weighted by atomic mass is 10.1. The van der Waals surface area contributed by atoms with Gasteiger partial charge in [0, 0.05) is 38.4 Å². The number of ether oxygens (including phenoxy) is 2. The fourth-order valence-corrected chi connectivity index (χ4v) is 5.13. The van der Waals surface area contributed by atoms with Gasteiger partial charge in [-0.2, -0.15) is 0 Å². The predicted molar refractivity (Wildman–Crippen MR) is 149 cm³/mol. The molecule has 38 heavy (non-hydrogen) atoms. The van der Waals surface area contributed by atoms with Gasteiger partial charge in [-0.25, -0.2) is 14.6 Å². The first kappa shape index (κ1) is 28.3. The molecule has 2 atom stereocenters. The molecule has 1 N–H and O–H groups in total. The lowest BCUT2D eigenvalue weighted by Gasteiger charge is -2.41. The summed E-state index contributed by atoms with van der Waals surface area (Å²) in [6.07, 6.45) is 4.18. The number of anilines is 1. The monoisotopic (exact) mass is 587 g/mol. The van der Waals surface area contributed by atoms with Crippen molar-refractivity contribution in [1.82, 2.24) is 19.8 Å². The molecule has 1 aliphatic heterocycles. The van der Waals surface area contributed by atoms with Crippen molar-refractivity contribution in [2.45, 2.75) is 71.1 Å². The van der Waals surface area contributed by atoms with Gasteiger partial charge in [-0.05, 0) is 92.6 Å². The number of aromatic nitrogens is 2. The van der Waals surface area contributed by atoms with Crippen LogP contribution >= 0.6 is 15.9 Å². The Hall–Kier alpha value is -2.72. The zero-order chi connectivity index (χ0) is 27.6. The minimum absolute atomic E-state index is 0.0134. The third kappa shape index (κ3) is 7.02. The summed E-state index contributed by atoms with van der Waals surface area (Å²) < 4.78 is 11.0. The maximum Gasteiger partial charge on any atom is 0.410 e. The van der Waals surface area contributed by atoms with E-state index in [4.69, 9.17) is 14.5 Å². The number of rotatable bonds is 7. The highest BCUT2D eigenvalue weighted by Crippen LogP contribution is 2.40. The molecule has 0 spiro atoms. The van der Waals surface area contributed by atoms with E-state index in [1.807, 2.05) is 44.9 Å². The molecule has 1 saturated heterocycles. The number of pyridine rings is 2. The minimum atomic E-state index is -0.524. The van der Waals surface area contributed by atoms with Crippen LogP contribution in [0.1, 0.15) is 79.8 Å². The summed E-state index contributed by atoms with van der Waals surface area (Å²) in [7, 11) is 1.35. The van der Waals surface area contributed by atoms with Crippen LogP contribution in [0.3, 0.4) is 0 Å². The van der Waals surface area contributed by atoms with Crippen LogP contribution in [0.5, 0.6) is 0 Å². The molecule has 2 aromatic rings. The van der Waals surface area contributed by atoms with Crippen molar-refractivity contribution in [1.29, 1.82) is 0 Å². The van der Waals surface area contributed by atoms with Gasteiger partial charge in [0.1, 0.15) is 10.2 Å². The second-order valence-electron chi connectivity index (χ2n) is 11.3. The SMILES string of the molecule is COC(=O)c1nc(Br)c(NC(CN2CCN(C(=O)OC(C)(C)C)[C@H](C)C2)c2ccc(C3CC3)cn2)cc1C. The third-order valence-electron chi connectivity index (χ3n) is 6.87. The Balaban J connectivity index is 1.52. The van der Waals surface area contributed by atoms with Crippen molar-refractivity contribution in [2.75, 3.05) is 38.6 Å². The van der Waals surface area contributed by atoms with Gasteiger partial charge in [-0.15, -0.1) is 0 Å². The van der Waals surface area contributed by atoms with Crippen molar-refractivity contribution >= 4 is 33.7 Å². The molecule has 3 heterocycles. The predicted octanol–water partition coefficient (Wildman–Crippen LogP) is 5.31. The Morgan fingerprint density at radius 2 is 1.97 bits per heavy atom. The molecule has 0 bridgehead atoms. The van der Waals surface area contributed by atoms with Crippen LogP contribution in [0.2, 0.25) is 0 Å². The molecule has 2 aliphatic rings. The van der Waals surface area contributed by atoms with Gasteiger partial charge in [0.25, 0.3) is 0 Å². The number of nitrogens with one attached hydrogen (secondary N) is 1. The standard InChI is InChI=1S/C28H38BrN5O4/c1-17-13-22(25(29)32-24(17)26(35)37-6)31-23(21-10-9-20(14-30-21)19-7-8-19)16-33-11-12-34(18(2)15-33)27(36)38-28(3,4)5/h9-10,13-14,18-19,23,31H,7-8,11-12,15-16H2,1-6H3/t18-,23?/m1/s1. The number of carbonyl (C=O) groups excluding carboxylic acids is 2. The first-order valence-electron chi connectivity index (χ1n) is 13.1. The lowest BCUT2D eigenvalue weighted by molar-refractivity contribution is 0.00105. The summed E-state index contributed by atoms with van der Waals surface area (Å²) in [5, 5.41) is 3.61. The van der Waals surface area contributed by atoms with E-state index in [1.54, 1.807) is 0 Å². The fourth-order valence-electron chi connectivity index (χ4n) is 4.73. The van der Waals surface area contributed by atoms with E-state index in [2.05, 4.69) is 50.2 Å². The lowest BCUT2D eigenvalue weighted by Crippen LogP contribution is -2.55. The number of hydrogen-bond donors (Lipinski definition) is 1. The molecule has 2 fully saturated rings. The van der Waals surface area contributed by atoms with Crippen LogP contribution in [0, 0.1) is 6.92 Å². The van der Waals surface area contributed by atoms with Gasteiger partial charge in [-0.1, -0.05) is 6.07 Å². The van der Waals surface area contributed by atoms with Gasteiger partial charge < -0.3 is 19.7 Å². The smallest absolute Gasteiger partial charge is 0.410 e. The number of nitrogens with zero attached hydrogens (tertiary/aromatic N) is 4. The van der Waals surface area contributed by atoms with Crippen molar-refractivity contribution in [3.63, 3.8) is 0 Å². The first-order chi connectivity index (χ1) is 17.9. The van der Waals surface area contributed by atoms with E-state index in [-0.39, 0.29) is 23.9 Å². The summed E-state index contributed by atoms with van der Waals surface area (Å²) in [5.41, 5.74) is 3.46. The number of halogens is 1. The molecule has 4 rings (SSSR count). The molecule has 1 amide bonds.